The van der Waals surface area contributed by atoms with E-state index in [1.807, 2.05) is 0 Å². The van der Waals surface area contributed by atoms with Gasteiger partial charge < -0.3 is 10.2 Å². The summed E-state index contributed by atoms with van der Waals surface area (Å²) in [5, 5.41) is 3.45. The van der Waals surface area contributed by atoms with Crippen LogP contribution < -0.4 is 10.2 Å². The summed E-state index contributed by atoms with van der Waals surface area (Å²) in [6.45, 7) is 7.74. The minimum Gasteiger partial charge on any atom is -0.374 e. The molecule has 0 saturated heterocycles. The van der Waals surface area contributed by atoms with Crippen LogP contribution in [0.25, 0.3) is 0 Å². The number of rotatable bonds is 7. The van der Waals surface area contributed by atoms with Gasteiger partial charge in [-0.3, -0.25) is 0 Å². The lowest BCUT2D eigenvalue weighted by Gasteiger charge is -2.20. The number of hydrogen-bond acceptors (Lipinski definition) is 2. The summed E-state index contributed by atoms with van der Waals surface area (Å²) in [5.74, 6) is 1.82. The van der Waals surface area contributed by atoms with Crippen molar-refractivity contribution in [2.45, 2.75) is 33.2 Å². The van der Waals surface area contributed by atoms with Gasteiger partial charge in [-0.05, 0) is 48.9 Å². The molecule has 0 radical (unpaired) electrons. The summed E-state index contributed by atoms with van der Waals surface area (Å²) in [4.78, 5) is 2.38. The first kappa shape index (κ1) is 14.9. The molecule has 19 heavy (non-hydrogen) atoms. The molecule has 0 heterocycles. The van der Waals surface area contributed by atoms with Crippen LogP contribution in [0, 0.1) is 11.8 Å². The Kier molecular flexibility index (Phi) is 5.28. The fourth-order valence-electron chi connectivity index (χ4n) is 2.43. The van der Waals surface area contributed by atoms with E-state index in [-0.39, 0.29) is 0 Å². The number of anilines is 1. The number of hydrogen-bond donors (Lipinski definition) is 1. The molecule has 0 spiro atoms. The molecule has 3 heteroatoms. The summed E-state index contributed by atoms with van der Waals surface area (Å²) in [6.07, 6.45) is 2.57. The van der Waals surface area contributed by atoms with Crippen LogP contribution in [0.4, 0.5) is 5.69 Å². The van der Waals surface area contributed by atoms with Crippen molar-refractivity contribution in [3.8, 4) is 0 Å². The van der Waals surface area contributed by atoms with Crippen LogP contribution >= 0.6 is 15.9 Å². The van der Waals surface area contributed by atoms with Gasteiger partial charge in [-0.15, -0.1) is 0 Å². The molecule has 1 aromatic rings. The van der Waals surface area contributed by atoms with Crippen molar-refractivity contribution in [3.63, 3.8) is 0 Å². The normalized spacial score (nSPS) is 21.5. The fourth-order valence-corrected chi connectivity index (χ4v) is 2.93. The molecular weight excluding hydrogens is 300 g/mol. The van der Waals surface area contributed by atoms with Gasteiger partial charge in [-0.2, -0.15) is 0 Å². The van der Waals surface area contributed by atoms with Gasteiger partial charge in [0.25, 0.3) is 0 Å². The second-order valence-corrected chi connectivity index (χ2v) is 6.66. The maximum Gasteiger partial charge on any atom is 0.0375 e. The van der Waals surface area contributed by atoms with Crippen molar-refractivity contribution in [2.75, 3.05) is 25.0 Å². The third-order valence-electron chi connectivity index (χ3n) is 4.00. The largest absolute Gasteiger partial charge is 0.374 e. The van der Waals surface area contributed by atoms with Gasteiger partial charge in [0.15, 0.2) is 0 Å². The Labute approximate surface area is 125 Å². The minimum absolute atomic E-state index is 0.898. The highest BCUT2D eigenvalue weighted by Crippen LogP contribution is 2.39. The van der Waals surface area contributed by atoms with Crippen LogP contribution in [0.15, 0.2) is 22.7 Å². The van der Waals surface area contributed by atoms with Crippen molar-refractivity contribution < 1.29 is 0 Å². The summed E-state index contributed by atoms with van der Waals surface area (Å²) in [5.41, 5.74) is 2.65. The van der Waals surface area contributed by atoms with E-state index >= 15 is 0 Å². The van der Waals surface area contributed by atoms with Gasteiger partial charge in [0.2, 0.25) is 0 Å². The summed E-state index contributed by atoms with van der Waals surface area (Å²) in [7, 11) is 2.20. The molecule has 1 aliphatic rings. The molecule has 0 amide bonds. The minimum atomic E-state index is 0.898. The zero-order valence-electron chi connectivity index (χ0n) is 12.2. The van der Waals surface area contributed by atoms with Gasteiger partial charge >= 0.3 is 0 Å². The third kappa shape index (κ3) is 4.22. The van der Waals surface area contributed by atoms with Crippen molar-refractivity contribution in [1.29, 1.82) is 0 Å². The van der Waals surface area contributed by atoms with Crippen molar-refractivity contribution in [2.24, 2.45) is 11.8 Å². The molecule has 0 aliphatic heterocycles. The standard InChI is InChI=1S/C16H25BrN2/c1-4-7-18-10-13-5-6-15(9-16(13)17)19(3)11-14-8-12(14)2/h5-6,9,12,14,18H,4,7-8,10-11H2,1-3H3. The predicted octanol–water partition coefficient (Wildman–Crippen LogP) is 4.04. The Morgan fingerprint density at radius 2 is 2.16 bits per heavy atom. The quantitative estimate of drug-likeness (QED) is 0.761. The monoisotopic (exact) mass is 324 g/mol. The highest BCUT2D eigenvalue weighted by molar-refractivity contribution is 9.10. The Morgan fingerprint density at radius 3 is 2.74 bits per heavy atom. The molecule has 2 nitrogen and oxygen atoms in total. The number of nitrogens with one attached hydrogen (secondary N) is 1. The zero-order chi connectivity index (χ0) is 13.8. The Balaban J connectivity index is 1.93. The molecule has 1 aromatic carbocycles. The molecule has 0 bridgehead atoms. The van der Waals surface area contributed by atoms with E-state index in [0.29, 0.717) is 0 Å². The number of halogens is 1. The van der Waals surface area contributed by atoms with Crippen LogP contribution in [0.2, 0.25) is 0 Å². The molecule has 1 aliphatic carbocycles. The van der Waals surface area contributed by atoms with Crippen LogP contribution in [0.3, 0.4) is 0 Å². The van der Waals surface area contributed by atoms with E-state index in [1.165, 1.54) is 35.1 Å². The van der Waals surface area contributed by atoms with E-state index in [0.717, 1.165) is 24.9 Å². The maximum atomic E-state index is 3.69. The smallest absolute Gasteiger partial charge is 0.0375 e. The maximum absolute atomic E-state index is 3.69. The molecule has 1 saturated carbocycles. The first-order valence-corrected chi connectivity index (χ1v) is 8.11. The lowest BCUT2D eigenvalue weighted by molar-refractivity contribution is 0.673. The SMILES string of the molecule is CCCNCc1ccc(N(C)CC2CC2C)cc1Br. The molecule has 0 aromatic heterocycles. The van der Waals surface area contributed by atoms with E-state index in [2.05, 4.69) is 65.2 Å². The average molecular weight is 325 g/mol. The average Bonchev–Trinajstić information content (AvgIpc) is 3.07. The third-order valence-corrected chi connectivity index (χ3v) is 4.74. The van der Waals surface area contributed by atoms with Crippen LogP contribution in [-0.2, 0) is 6.54 Å². The molecule has 2 unspecified atom stereocenters. The van der Waals surface area contributed by atoms with E-state index < -0.39 is 0 Å². The second-order valence-electron chi connectivity index (χ2n) is 5.81. The molecule has 1 fully saturated rings. The predicted molar refractivity (Wildman–Crippen MR) is 86.7 cm³/mol. The molecule has 106 valence electrons. The van der Waals surface area contributed by atoms with E-state index in [1.54, 1.807) is 0 Å². The first-order chi connectivity index (χ1) is 9.11. The fraction of sp³-hybridized carbons (Fsp3) is 0.625. The summed E-state index contributed by atoms with van der Waals surface area (Å²) >= 11 is 3.69. The molecular formula is C16H25BrN2. The lowest BCUT2D eigenvalue weighted by atomic mass is 10.2. The van der Waals surface area contributed by atoms with E-state index in [4.69, 9.17) is 0 Å². The molecule has 2 rings (SSSR count). The Hall–Kier alpha value is -0.540. The van der Waals surface area contributed by atoms with Gasteiger partial charge in [-0.25, -0.2) is 0 Å². The number of benzene rings is 1. The molecule has 2 atom stereocenters. The van der Waals surface area contributed by atoms with Crippen LogP contribution in [0.1, 0.15) is 32.3 Å². The van der Waals surface area contributed by atoms with Crippen LogP contribution in [-0.4, -0.2) is 20.1 Å². The van der Waals surface area contributed by atoms with Crippen LogP contribution in [0.5, 0.6) is 0 Å². The second kappa shape index (κ2) is 6.76. The summed E-state index contributed by atoms with van der Waals surface area (Å²) < 4.78 is 1.21. The topological polar surface area (TPSA) is 15.3 Å². The van der Waals surface area contributed by atoms with E-state index in [9.17, 15) is 0 Å². The van der Waals surface area contributed by atoms with Gasteiger partial charge in [0.1, 0.15) is 0 Å². The van der Waals surface area contributed by atoms with Gasteiger partial charge in [-0.1, -0.05) is 35.8 Å². The van der Waals surface area contributed by atoms with Crippen molar-refractivity contribution in [3.05, 3.63) is 28.2 Å². The zero-order valence-corrected chi connectivity index (χ0v) is 13.8. The number of nitrogens with zero attached hydrogens (tertiary/aromatic N) is 1. The lowest BCUT2D eigenvalue weighted by Crippen LogP contribution is -2.20. The highest BCUT2D eigenvalue weighted by Gasteiger charge is 2.33. The van der Waals surface area contributed by atoms with Gasteiger partial charge in [0, 0.05) is 30.3 Å². The Bertz CT molecular complexity index is 419. The summed E-state index contributed by atoms with van der Waals surface area (Å²) in [6, 6.07) is 6.71. The highest BCUT2D eigenvalue weighted by atomic mass is 79.9. The molecule has 1 N–H and O–H groups in total. The van der Waals surface area contributed by atoms with Crippen molar-refractivity contribution >= 4 is 21.6 Å². The van der Waals surface area contributed by atoms with Gasteiger partial charge in [0.05, 0.1) is 0 Å². The van der Waals surface area contributed by atoms with Crippen molar-refractivity contribution in [1.82, 2.24) is 5.32 Å². The Morgan fingerprint density at radius 1 is 1.42 bits per heavy atom. The first-order valence-electron chi connectivity index (χ1n) is 7.32.